The number of ether oxygens (including phenoxy) is 1. The zero-order chi connectivity index (χ0) is 14.4. The van der Waals surface area contributed by atoms with Gasteiger partial charge in [0.25, 0.3) is 0 Å². The summed E-state index contributed by atoms with van der Waals surface area (Å²) >= 11 is 0. The van der Waals surface area contributed by atoms with Crippen molar-refractivity contribution in [1.82, 2.24) is 5.32 Å². The summed E-state index contributed by atoms with van der Waals surface area (Å²) in [7, 11) is 1.65. The first-order chi connectivity index (χ1) is 8.97. The van der Waals surface area contributed by atoms with Gasteiger partial charge in [-0.1, -0.05) is 12.1 Å². The molecule has 1 aromatic carbocycles. The van der Waals surface area contributed by atoms with E-state index in [9.17, 15) is 4.79 Å². The second kappa shape index (κ2) is 7.14. The summed E-state index contributed by atoms with van der Waals surface area (Å²) in [6, 6.07) is 6.10. The van der Waals surface area contributed by atoms with Crippen molar-refractivity contribution in [2.45, 2.75) is 39.2 Å². The van der Waals surface area contributed by atoms with Crippen molar-refractivity contribution in [2.75, 3.05) is 13.7 Å². The molecule has 1 atom stereocenters. The first kappa shape index (κ1) is 15.5. The van der Waals surface area contributed by atoms with Crippen LogP contribution in [0.5, 0.6) is 5.75 Å². The fourth-order valence-corrected chi connectivity index (χ4v) is 2.10. The smallest absolute Gasteiger partial charge is 0.220 e. The van der Waals surface area contributed by atoms with Gasteiger partial charge < -0.3 is 15.8 Å². The van der Waals surface area contributed by atoms with E-state index in [0.717, 1.165) is 16.9 Å². The Labute approximate surface area is 115 Å². The molecule has 0 fully saturated rings. The molecule has 3 N–H and O–H groups in total. The predicted molar refractivity (Wildman–Crippen MR) is 77.4 cm³/mol. The van der Waals surface area contributed by atoms with Crippen molar-refractivity contribution < 1.29 is 9.53 Å². The standard InChI is InChI=1S/C15H24N2O2/c1-10(2)17-15(18)8-13(9-16)12-5-6-14(19-4)11(3)7-12/h5-7,10,13H,8-9,16H2,1-4H3,(H,17,18). The normalized spacial score (nSPS) is 12.3. The number of carbonyl (C=O) groups excluding carboxylic acids is 1. The minimum absolute atomic E-state index is 0.0407. The number of carbonyl (C=O) groups is 1. The number of methoxy groups -OCH3 is 1. The number of nitrogens with one attached hydrogen (secondary N) is 1. The Balaban J connectivity index is 2.79. The first-order valence-electron chi connectivity index (χ1n) is 6.61. The number of hydrogen-bond acceptors (Lipinski definition) is 3. The molecule has 0 aliphatic heterocycles. The Morgan fingerprint density at radius 2 is 2.11 bits per heavy atom. The van der Waals surface area contributed by atoms with Gasteiger partial charge >= 0.3 is 0 Å². The molecule has 0 spiro atoms. The molecular weight excluding hydrogens is 240 g/mol. The van der Waals surface area contributed by atoms with E-state index in [-0.39, 0.29) is 17.9 Å². The van der Waals surface area contributed by atoms with Gasteiger partial charge in [-0.3, -0.25) is 4.79 Å². The largest absolute Gasteiger partial charge is 0.496 e. The Morgan fingerprint density at radius 1 is 1.42 bits per heavy atom. The van der Waals surface area contributed by atoms with E-state index in [1.165, 1.54) is 0 Å². The van der Waals surface area contributed by atoms with Crippen LogP contribution in [0.3, 0.4) is 0 Å². The van der Waals surface area contributed by atoms with Gasteiger partial charge in [0.15, 0.2) is 0 Å². The monoisotopic (exact) mass is 264 g/mol. The quantitative estimate of drug-likeness (QED) is 0.825. The van der Waals surface area contributed by atoms with E-state index in [1.54, 1.807) is 7.11 Å². The van der Waals surface area contributed by atoms with Gasteiger partial charge in [0.05, 0.1) is 7.11 Å². The molecule has 0 aliphatic rings. The van der Waals surface area contributed by atoms with Crippen LogP contribution in [0.25, 0.3) is 0 Å². The third kappa shape index (κ3) is 4.56. The van der Waals surface area contributed by atoms with E-state index in [1.807, 2.05) is 39.0 Å². The highest BCUT2D eigenvalue weighted by molar-refractivity contribution is 5.77. The summed E-state index contributed by atoms with van der Waals surface area (Å²) in [6.45, 7) is 6.35. The maximum Gasteiger partial charge on any atom is 0.220 e. The molecule has 4 nitrogen and oxygen atoms in total. The maximum absolute atomic E-state index is 11.8. The van der Waals surface area contributed by atoms with Gasteiger partial charge in [-0.15, -0.1) is 0 Å². The number of benzene rings is 1. The van der Waals surface area contributed by atoms with Gasteiger partial charge in [0.2, 0.25) is 5.91 Å². The van der Waals surface area contributed by atoms with Crippen LogP contribution in [0, 0.1) is 6.92 Å². The van der Waals surface area contributed by atoms with Crippen molar-refractivity contribution in [3.63, 3.8) is 0 Å². The van der Waals surface area contributed by atoms with Gasteiger partial charge in [0, 0.05) is 18.4 Å². The van der Waals surface area contributed by atoms with Crippen molar-refractivity contribution in [2.24, 2.45) is 5.73 Å². The summed E-state index contributed by atoms with van der Waals surface area (Å²) in [5, 5.41) is 2.90. The highest BCUT2D eigenvalue weighted by Gasteiger charge is 2.16. The lowest BCUT2D eigenvalue weighted by atomic mass is 9.94. The number of amides is 1. The average molecular weight is 264 g/mol. The maximum atomic E-state index is 11.8. The topological polar surface area (TPSA) is 64.3 Å². The summed E-state index contributed by atoms with van der Waals surface area (Å²) in [5.74, 6) is 0.938. The van der Waals surface area contributed by atoms with Crippen LogP contribution in [0.2, 0.25) is 0 Å². The van der Waals surface area contributed by atoms with Crippen molar-refractivity contribution in [3.05, 3.63) is 29.3 Å². The Hall–Kier alpha value is -1.55. The van der Waals surface area contributed by atoms with Gasteiger partial charge in [0.1, 0.15) is 5.75 Å². The van der Waals surface area contributed by atoms with Crippen LogP contribution in [0.1, 0.15) is 37.3 Å². The van der Waals surface area contributed by atoms with E-state index in [2.05, 4.69) is 5.32 Å². The molecule has 1 amide bonds. The zero-order valence-electron chi connectivity index (χ0n) is 12.2. The lowest BCUT2D eigenvalue weighted by molar-refractivity contribution is -0.121. The van der Waals surface area contributed by atoms with E-state index in [0.29, 0.717) is 13.0 Å². The summed E-state index contributed by atoms with van der Waals surface area (Å²) < 4.78 is 5.24. The molecule has 1 rings (SSSR count). The second-order valence-corrected chi connectivity index (χ2v) is 5.09. The molecule has 0 radical (unpaired) electrons. The van der Waals surface area contributed by atoms with E-state index < -0.39 is 0 Å². The molecule has 1 aromatic rings. The average Bonchev–Trinajstić information content (AvgIpc) is 2.35. The van der Waals surface area contributed by atoms with Crippen molar-refractivity contribution in [1.29, 1.82) is 0 Å². The third-order valence-corrected chi connectivity index (χ3v) is 3.06. The number of rotatable bonds is 6. The van der Waals surface area contributed by atoms with Gasteiger partial charge in [-0.2, -0.15) is 0 Å². The van der Waals surface area contributed by atoms with Gasteiger partial charge in [-0.05, 0) is 44.5 Å². The summed E-state index contributed by atoms with van der Waals surface area (Å²) in [4.78, 5) is 11.8. The van der Waals surface area contributed by atoms with E-state index in [4.69, 9.17) is 10.5 Å². The molecule has 0 saturated carbocycles. The predicted octanol–water partition coefficient (Wildman–Crippen LogP) is 1.96. The molecule has 106 valence electrons. The molecule has 19 heavy (non-hydrogen) atoms. The Kier molecular flexibility index (Phi) is 5.83. The van der Waals surface area contributed by atoms with E-state index >= 15 is 0 Å². The zero-order valence-corrected chi connectivity index (χ0v) is 12.2. The molecular formula is C15H24N2O2. The molecule has 0 saturated heterocycles. The molecule has 0 heterocycles. The Morgan fingerprint density at radius 3 is 2.58 bits per heavy atom. The molecule has 0 aliphatic carbocycles. The first-order valence-corrected chi connectivity index (χ1v) is 6.61. The highest BCUT2D eigenvalue weighted by atomic mass is 16.5. The fourth-order valence-electron chi connectivity index (χ4n) is 2.10. The minimum Gasteiger partial charge on any atom is -0.496 e. The lowest BCUT2D eigenvalue weighted by Gasteiger charge is -2.17. The van der Waals surface area contributed by atoms with Crippen LogP contribution in [-0.2, 0) is 4.79 Å². The molecule has 1 unspecified atom stereocenters. The number of nitrogens with two attached hydrogens (primary N) is 1. The number of aryl methyl sites for hydroxylation is 1. The van der Waals surface area contributed by atoms with Crippen LogP contribution in [0.4, 0.5) is 0 Å². The molecule has 0 bridgehead atoms. The lowest BCUT2D eigenvalue weighted by Crippen LogP contribution is -2.32. The fraction of sp³-hybridized carbons (Fsp3) is 0.533. The van der Waals surface area contributed by atoms with Gasteiger partial charge in [-0.25, -0.2) is 0 Å². The molecule has 4 heteroatoms. The second-order valence-electron chi connectivity index (χ2n) is 5.09. The minimum atomic E-state index is 0.0407. The third-order valence-electron chi connectivity index (χ3n) is 3.06. The van der Waals surface area contributed by atoms with Crippen LogP contribution in [0.15, 0.2) is 18.2 Å². The Bertz CT molecular complexity index is 430. The SMILES string of the molecule is COc1ccc(C(CN)CC(=O)NC(C)C)cc1C. The number of hydrogen-bond donors (Lipinski definition) is 2. The van der Waals surface area contributed by atoms with Crippen molar-refractivity contribution >= 4 is 5.91 Å². The van der Waals surface area contributed by atoms with Crippen molar-refractivity contribution in [3.8, 4) is 5.75 Å². The van der Waals surface area contributed by atoms with Crippen LogP contribution >= 0.6 is 0 Å². The summed E-state index contributed by atoms with van der Waals surface area (Å²) in [5.41, 5.74) is 7.93. The van der Waals surface area contributed by atoms with Crippen LogP contribution in [-0.4, -0.2) is 25.6 Å². The molecule has 0 aromatic heterocycles. The van der Waals surface area contributed by atoms with Crippen LogP contribution < -0.4 is 15.8 Å². The summed E-state index contributed by atoms with van der Waals surface area (Å²) in [6.07, 6.45) is 0.417. The highest BCUT2D eigenvalue weighted by Crippen LogP contribution is 2.25.